The molecule has 1 N–H and O–H groups in total. The van der Waals surface area contributed by atoms with Crippen molar-refractivity contribution in [3.8, 4) is 5.75 Å². The number of carbonyl (C=O) groups excluding carboxylic acids is 2. The summed E-state index contributed by atoms with van der Waals surface area (Å²) in [6, 6.07) is 13.6. The molecule has 1 fully saturated rings. The van der Waals surface area contributed by atoms with Crippen LogP contribution in [0.25, 0.3) is 0 Å². The first kappa shape index (κ1) is 20.9. The summed E-state index contributed by atoms with van der Waals surface area (Å²) in [6.07, 6.45) is 1.32. The molecule has 0 aromatic heterocycles. The molecule has 0 saturated carbocycles. The minimum Gasteiger partial charge on any atom is -0.493 e. The predicted octanol–water partition coefficient (Wildman–Crippen LogP) is 2.85. The van der Waals surface area contributed by atoms with Crippen LogP contribution in [0.4, 0.5) is 0 Å². The van der Waals surface area contributed by atoms with Gasteiger partial charge in [-0.15, -0.1) is 0 Å². The van der Waals surface area contributed by atoms with Gasteiger partial charge in [-0.05, 0) is 41.5 Å². The van der Waals surface area contributed by atoms with Crippen LogP contribution in [-0.4, -0.2) is 60.9 Å². The Kier molecular flexibility index (Phi) is 6.69. The standard InChI is InChI=1S/C23H26BrN3O3/c24-20-4-2-18(3-5-20)23(29)25-9-7-22(28)27-12-10-26(11-13-27)16-17-1-6-21-19(15-17)8-14-30-21/h1-6,15H,7-14,16H2,(H,25,29). The van der Waals surface area contributed by atoms with E-state index in [-0.39, 0.29) is 11.8 Å². The fourth-order valence-electron chi connectivity index (χ4n) is 3.90. The first-order chi connectivity index (χ1) is 14.6. The van der Waals surface area contributed by atoms with Crippen molar-refractivity contribution in [1.29, 1.82) is 0 Å². The van der Waals surface area contributed by atoms with Crippen molar-refractivity contribution < 1.29 is 14.3 Å². The molecule has 2 aliphatic heterocycles. The van der Waals surface area contributed by atoms with Crippen LogP contribution in [0.1, 0.15) is 27.9 Å². The molecule has 0 aliphatic carbocycles. The summed E-state index contributed by atoms with van der Waals surface area (Å²) in [5.74, 6) is 0.960. The average Bonchev–Trinajstić information content (AvgIpc) is 3.22. The molecule has 2 amide bonds. The van der Waals surface area contributed by atoms with Gasteiger partial charge in [0.15, 0.2) is 0 Å². The SMILES string of the molecule is O=C(NCCC(=O)N1CCN(Cc2ccc3c(c2)CCO3)CC1)c1ccc(Br)cc1. The van der Waals surface area contributed by atoms with Gasteiger partial charge in [0.1, 0.15) is 5.75 Å². The third-order valence-electron chi connectivity index (χ3n) is 5.62. The molecule has 2 heterocycles. The Bertz CT molecular complexity index is 908. The maximum absolute atomic E-state index is 12.5. The van der Waals surface area contributed by atoms with E-state index in [4.69, 9.17) is 4.74 Å². The van der Waals surface area contributed by atoms with Gasteiger partial charge in [0.2, 0.25) is 5.91 Å². The molecule has 7 heteroatoms. The van der Waals surface area contributed by atoms with Crippen molar-refractivity contribution in [1.82, 2.24) is 15.1 Å². The summed E-state index contributed by atoms with van der Waals surface area (Å²) >= 11 is 3.35. The molecule has 158 valence electrons. The normalized spacial score (nSPS) is 16.1. The number of nitrogens with zero attached hydrogens (tertiary/aromatic N) is 2. The Morgan fingerprint density at radius 2 is 1.80 bits per heavy atom. The first-order valence-corrected chi connectivity index (χ1v) is 11.2. The number of hydrogen-bond acceptors (Lipinski definition) is 4. The number of rotatable bonds is 6. The molecule has 1 saturated heterocycles. The number of ether oxygens (including phenoxy) is 1. The number of hydrogen-bond donors (Lipinski definition) is 1. The van der Waals surface area contributed by atoms with Crippen LogP contribution in [0.5, 0.6) is 5.75 Å². The Labute approximate surface area is 185 Å². The van der Waals surface area contributed by atoms with E-state index >= 15 is 0 Å². The van der Waals surface area contributed by atoms with E-state index in [2.05, 4.69) is 44.3 Å². The van der Waals surface area contributed by atoms with Gasteiger partial charge in [-0.3, -0.25) is 14.5 Å². The third kappa shape index (κ3) is 5.21. The number of fused-ring (bicyclic) bond motifs is 1. The number of benzene rings is 2. The average molecular weight is 472 g/mol. The van der Waals surface area contributed by atoms with Crippen molar-refractivity contribution in [2.24, 2.45) is 0 Å². The molecule has 2 aromatic carbocycles. The molecule has 0 radical (unpaired) electrons. The van der Waals surface area contributed by atoms with E-state index in [0.29, 0.717) is 18.5 Å². The van der Waals surface area contributed by atoms with Gasteiger partial charge < -0.3 is 15.0 Å². The fourth-order valence-corrected chi connectivity index (χ4v) is 4.16. The van der Waals surface area contributed by atoms with Crippen molar-refractivity contribution in [2.75, 3.05) is 39.3 Å². The second-order valence-corrected chi connectivity index (χ2v) is 8.63. The monoisotopic (exact) mass is 471 g/mol. The predicted molar refractivity (Wildman–Crippen MR) is 119 cm³/mol. The number of amides is 2. The highest BCUT2D eigenvalue weighted by atomic mass is 79.9. The molecular formula is C23H26BrN3O3. The van der Waals surface area contributed by atoms with Crippen LogP contribution in [-0.2, 0) is 17.8 Å². The smallest absolute Gasteiger partial charge is 0.251 e. The second-order valence-electron chi connectivity index (χ2n) is 7.71. The summed E-state index contributed by atoms with van der Waals surface area (Å²) in [5, 5.41) is 2.83. The quantitative estimate of drug-likeness (QED) is 0.703. The molecule has 0 unspecified atom stereocenters. The number of nitrogens with one attached hydrogen (secondary N) is 1. The van der Waals surface area contributed by atoms with Gasteiger partial charge in [-0.25, -0.2) is 0 Å². The van der Waals surface area contributed by atoms with E-state index in [1.54, 1.807) is 12.1 Å². The van der Waals surface area contributed by atoms with E-state index < -0.39 is 0 Å². The van der Waals surface area contributed by atoms with E-state index in [1.807, 2.05) is 17.0 Å². The zero-order valence-electron chi connectivity index (χ0n) is 16.9. The topological polar surface area (TPSA) is 61.9 Å². The Morgan fingerprint density at radius 1 is 1.03 bits per heavy atom. The maximum atomic E-state index is 12.5. The molecule has 2 aliphatic rings. The minimum absolute atomic E-state index is 0.0976. The first-order valence-electron chi connectivity index (χ1n) is 10.4. The van der Waals surface area contributed by atoms with Gasteiger partial charge in [-0.2, -0.15) is 0 Å². The van der Waals surface area contributed by atoms with Crippen LogP contribution >= 0.6 is 15.9 Å². The second kappa shape index (κ2) is 9.62. The lowest BCUT2D eigenvalue weighted by Gasteiger charge is -2.35. The van der Waals surface area contributed by atoms with Crippen LogP contribution < -0.4 is 10.1 Å². The van der Waals surface area contributed by atoms with Gasteiger partial charge in [0, 0.05) is 62.1 Å². The number of carbonyl (C=O) groups is 2. The van der Waals surface area contributed by atoms with Gasteiger partial charge in [0.25, 0.3) is 5.91 Å². The zero-order valence-corrected chi connectivity index (χ0v) is 18.5. The molecule has 0 atom stereocenters. The van der Waals surface area contributed by atoms with Gasteiger partial charge >= 0.3 is 0 Å². The largest absolute Gasteiger partial charge is 0.493 e. The van der Waals surface area contributed by atoms with E-state index in [0.717, 1.165) is 56.0 Å². The van der Waals surface area contributed by atoms with E-state index in [1.165, 1.54) is 11.1 Å². The number of halogens is 1. The van der Waals surface area contributed by atoms with Crippen molar-refractivity contribution in [2.45, 2.75) is 19.4 Å². The van der Waals surface area contributed by atoms with Crippen molar-refractivity contribution >= 4 is 27.7 Å². The van der Waals surface area contributed by atoms with E-state index in [9.17, 15) is 9.59 Å². The summed E-state index contributed by atoms with van der Waals surface area (Å²) in [6.45, 7) is 5.23. The molecule has 4 rings (SSSR count). The molecule has 2 aromatic rings. The Balaban J connectivity index is 1.18. The van der Waals surface area contributed by atoms with Crippen LogP contribution in [0.15, 0.2) is 46.9 Å². The molecular weight excluding hydrogens is 446 g/mol. The zero-order chi connectivity index (χ0) is 20.9. The van der Waals surface area contributed by atoms with Crippen molar-refractivity contribution in [3.05, 3.63) is 63.6 Å². The van der Waals surface area contributed by atoms with Crippen molar-refractivity contribution in [3.63, 3.8) is 0 Å². The summed E-state index contributed by atoms with van der Waals surface area (Å²) in [4.78, 5) is 28.9. The Hall–Kier alpha value is -2.38. The Morgan fingerprint density at radius 3 is 2.57 bits per heavy atom. The molecule has 0 spiro atoms. The number of piperazine rings is 1. The highest BCUT2D eigenvalue weighted by Gasteiger charge is 2.21. The minimum atomic E-state index is -0.153. The fraction of sp³-hybridized carbons (Fsp3) is 0.391. The molecule has 6 nitrogen and oxygen atoms in total. The molecule has 30 heavy (non-hydrogen) atoms. The van der Waals surface area contributed by atoms with Crippen LogP contribution in [0, 0.1) is 0 Å². The molecule has 0 bridgehead atoms. The maximum Gasteiger partial charge on any atom is 0.251 e. The summed E-state index contributed by atoms with van der Waals surface area (Å²) < 4.78 is 6.50. The summed E-state index contributed by atoms with van der Waals surface area (Å²) in [7, 11) is 0. The highest BCUT2D eigenvalue weighted by Crippen LogP contribution is 2.26. The lowest BCUT2D eigenvalue weighted by atomic mass is 10.1. The van der Waals surface area contributed by atoms with Gasteiger partial charge in [0.05, 0.1) is 6.61 Å². The summed E-state index contributed by atoms with van der Waals surface area (Å²) in [5.41, 5.74) is 3.19. The van der Waals surface area contributed by atoms with Gasteiger partial charge in [-0.1, -0.05) is 28.1 Å². The van der Waals surface area contributed by atoms with Crippen LogP contribution in [0.3, 0.4) is 0 Å². The lowest BCUT2D eigenvalue weighted by Crippen LogP contribution is -2.48. The lowest BCUT2D eigenvalue weighted by molar-refractivity contribution is -0.132. The van der Waals surface area contributed by atoms with Crippen LogP contribution in [0.2, 0.25) is 0 Å². The third-order valence-corrected chi connectivity index (χ3v) is 6.14. The highest BCUT2D eigenvalue weighted by molar-refractivity contribution is 9.10.